The first-order valence-corrected chi connectivity index (χ1v) is 7.42. The topological polar surface area (TPSA) is 76.7 Å². The number of nitro benzene ring substituents is 1. The highest BCUT2D eigenvalue weighted by Gasteiger charge is 2.18. The second-order valence-electron chi connectivity index (χ2n) is 5.26. The summed E-state index contributed by atoms with van der Waals surface area (Å²) in [6.07, 6.45) is 0. The number of amides is 1. The maximum Gasteiger partial charge on any atom is 0.292 e. The molecule has 0 aliphatic heterocycles. The number of carbonyl (C=O) groups excluding carboxylic acids is 1. The molecule has 23 heavy (non-hydrogen) atoms. The Labute approximate surface area is 138 Å². The number of carbonyl (C=O) groups is 1. The van der Waals surface area contributed by atoms with E-state index < -0.39 is 4.92 Å². The van der Waals surface area contributed by atoms with Crippen molar-refractivity contribution in [3.63, 3.8) is 0 Å². The number of anilines is 1. The summed E-state index contributed by atoms with van der Waals surface area (Å²) in [6, 6.07) is 13.9. The molecule has 1 atom stereocenters. The molecule has 0 heterocycles. The second-order valence-corrected chi connectivity index (χ2v) is 5.70. The molecule has 1 unspecified atom stereocenters. The van der Waals surface area contributed by atoms with Gasteiger partial charge in [-0.3, -0.25) is 14.9 Å². The quantitative estimate of drug-likeness (QED) is 0.625. The van der Waals surface area contributed by atoms with Gasteiger partial charge >= 0.3 is 0 Å². The van der Waals surface area contributed by atoms with Crippen molar-refractivity contribution in [1.29, 1.82) is 0 Å². The van der Waals surface area contributed by atoms with Gasteiger partial charge < -0.3 is 10.2 Å². The lowest BCUT2D eigenvalue weighted by Gasteiger charge is -2.14. The molecule has 1 amide bonds. The molecule has 2 N–H and O–H groups in total. The molecule has 0 bridgehead atoms. The van der Waals surface area contributed by atoms with E-state index in [0.29, 0.717) is 11.6 Å². The Bertz CT molecular complexity index is 707. The first-order chi connectivity index (χ1) is 11.0. The highest BCUT2D eigenvalue weighted by molar-refractivity contribution is 6.31. The van der Waals surface area contributed by atoms with Crippen LogP contribution in [0.5, 0.6) is 0 Å². The average Bonchev–Trinajstić information content (AvgIpc) is 2.47. The van der Waals surface area contributed by atoms with Gasteiger partial charge in [0, 0.05) is 16.7 Å². The summed E-state index contributed by atoms with van der Waals surface area (Å²) >= 11 is 5.84. The number of likely N-dealkylation sites (N-methyl/N-ethyl adjacent to an activating group) is 1. The monoisotopic (exact) mass is 334 g/mol. The summed E-state index contributed by atoms with van der Waals surface area (Å²) in [7, 11) is 1.89. The van der Waals surface area contributed by atoms with Gasteiger partial charge in [0.15, 0.2) is 6.54 Å². The Kier molecular flexibility index (Phi) is 5.67. The molecule has 2 rings (SSSR count). The number of quaternary nitrogens is 1. The molecule has 0 saturated heterocycles. The third kappa shape index (κ3) is 5.05. The first kappa shape index (κ1) is 16.9. The molecule has 0 aliphatic rings. The van der Waals surface area contributed by atoms with E-state index in [2.05, 4.69) is 5.32 Å². The Morgan fingerprint density at radius 1 is 1.26 bits per heavy atom. The zero-order valence-electron chi connectivity index (χ0n) is 12.6. The molecule has 120 valence electrons. The van der Waals surface area contributed by atoms with Gasteiger partial charge in [0.1, 0.15) is 12.2 Å². The van der Waals surface area contributed by atoms with Crippen LogP contribution in [0.1, 0.15) is 5.56 Å². The van der Waals surface area contributed by atoms with E-state index in [1.54, 1.807) is 0 Å². The highest BCUT2D eigenvalue weighted by atomic mass is 35.5. The number of halogens is 1. The number of hydrogen-bond donors (Lipinski definition) is 2. The predicted molar refractivity (Wildman–Crippen MR) is 88.6 cm³/mol. The minimum atomic E-state index is -0.549. The largest absolute Gasteiger partial charge is 0.326 e. The van der Waals surface area contributed by atoms with Crippen LogP contribution in [0.3, 0.4) is 0 Å². The van der Waals surface area contributed by atoms with Crippen LogP contribution in [0.2, 0.25) is 5.02 Å². The van der Waals surface area contributed by atoms with Crippen LogP contribution >= 0.6 is 11.6 Å². The van der Waals surface area contributed by atoms with E-state index in [4.69, 9.17) is 11.6 Å². The average molecular weight is 335 g/mol. The Morgan fingerprint density at radius 3 is 2.61 bits per heavy atom. The van der Waals surface area contributed by atoms with Gasteiger partial charge in [-0.1, -0.05) is 41.9 Å². The van der Waals surface area contributed by atoms with Crippen LogP contribution < -0.4 is 10.2 Å². The predicted octanol–water partition coefficient (Wildman–Crippen LogP) is 1.90. The van der Waals surface area contributed by atoms with Gasteiger partial charge in [-0.05, 0) is 12.1 Å². The van der Waals surface area contributed by atoms with Gasteiger partial charge in [0.2, 0.25) is 0 Å². The maximum absolute atomic E-state index is 12.1. The zero-order chi connectivity index (χ0) is 16.8. The van der Waals surface area contributed by atoms with E-state index in [1.165, 1.54) is 18.2 Å². The van der Waals surface area contributed by atoms with Crippen molar-refractivity contribution in [2.24, 2.45) is 0 Å². The van der Waals surface area contributed by atoms with Crippen molar-refractivity contribution < 1.29 is 14.6 Å². The van der Waals surface area contributed by atoms with Crippen LogP contribution in [0.15, 0.2) is 48.5 Å². The first-order valence-electron chi connectivity index (χ1n) is 7.04. The van der Waals surface area contributed by atoms with Crippen molar-refractivity contribution >= 4 is 28.9 Å². The molecule has 0 aliphatic carbocycles. The molecular formula is C16H17ClN3O3+. The molecule has 0 aromatic heterocycles. The number of nitro groups is 1. The van der Waals surface area contributed by atoms with Crippen LogP contribution in [0.4, 0.5) is 11.4 Å². The molecule has 0 spiro atoms. The molecule has 6 nitrogen and oxygen atoms in total. The number of benzene rings is 2. The van der Waals surface area contributed by atoms with Gasteiger partial charge in [-0.15, -0.1) is 0 Å². The van der Waals surface area contributed by atoms with Crippen molar-refractivity contribution in [2.45, 2.75) is 6.54 Å². The number of hydrogen-bond acceptors (Lipinski definition) is 3. The van der Waals surface area contributed by atoms with Crippen molar-refractivity contribution in [3.8, 4) is 0 Å². The van der Waals surface area contributed by atoms with Crippen molar-refractivity contribution in [1.82, 2.24) is 0 Å². The summed E-state index contributed by atoms with van der Waals surface area (Å²) < 4.78 is 0. The summed E-state index contributed by atoms with van der Waals surface area (Å²) in [4.78, 5) is 23.5. The summed E-state index contributed by atoms with van der Waals surface area (Å²) in [6.45, 7) is 0.879. The fraction of sp³-hybridized carbons (Fsp3) is 0.188. The van der Waals surface area contributed by atoms with Crippen LogP contribution in [0, 0.1) is 10.1 Å². The minimum Gasteiger partial charge on any atom is -0.326 e. The summed E-state index contributed by atoms with van der Waals surface area (Å²) in [5, 5.41) is 13.9. The summed E-state index contributed by atoms with van der Waals surface area (Å²) in [5.74, 6) is -0.302. The second kappa shape index (κ2) is 7.71. The third-order valence-electron chi connectivity index (χ3n) is 3.24. The van der Waals surface area contributed by atoms with Gasteiger partial charge in [0.05, 0.1) is 12.0 Å². The van der Waals surface area contributed by atoms with Crippen molar-refractivity contribution in [2.75, 3.05) is 18.9 Å². The van der Waals surface area contributed by atoms with Crippen LogP contribution in [-0.2, 0) is 11.3 Å². The highest BCUT2D eigenvalue weighted by Crippen LogP contribution is 2.27. The van der Waals surface area contributed by atoms with E-state index in [1.807, 2.05) is 37.4 Å². The summed E-state index contributed by atoms with van der Waals surface area (Å²) in [5.41, 5.74) is 1.05. The van der Waals surface area contributed by atoms with Crippen molar-refractivity contribution in [3.05, 3.63) is 69.2 Å². The van der Waals surface area contributed by atoms with Crippen LogP contribution in [0.25, 0.3) is 0 Å². The number of nitrogens with one attached hydrogen (secondary N) is 2. The Morgan fingerprint density at radius 2 is 1.96 bits per heavy atom. The smallest absolute Gasteiger partial charge is 0.292 e. The fourth-order valence-electron chi connectivity index (χ4n) is 2.24. The molecule has 0 fully saturated rings. The van der Waals surface area contributed by atoms with E-state index in [-0.39, 0.29) is 23.8 Å². The van der Waals surface area contributed by atoms with E-state index in [9.17, 15) is 14.9 Å². The molecule has 2 aromatic carbocycles. The standard InChI is InChI=1S/C16H16ClN3O3/c1-19(10-12-5-3-2-4-6-12)11-16(21)18-14-9-13(17)7-8-15(14)20(22)23/h2-9H,10-11H2,1H3,(H,18,21)/p+1. The third-order valence-corrected chi connectivity index (χ3v) is 3.48. The normalized spacial score (nSPS) is 11.7. The minimum absolute atomic E-state index is 0.111. The van der Waals surface area contributed by atoms with E-state index in [0.717, 1.165) is 10.5 Å². The van der Waals surface area contributed by atoms with E-state index >= 15 is 0 Å². The number of nitrogens with zero attached hydrogens (tertiary/aromatic N) is 1. The Balaban J connectivity index is 1.99. The SMILES string of the molecule is C[NH+](CC(=O)Nc1cc(Cl)ccc1[N+](=O)[O-])Cc1ccccc1. The maximum atomic E-state index is 12.1. The molecule has 0 saturated carbocycles. The molecule has 7 heteroatoms. The molecule has 0 radical (unpaired) electrons. The zero-order valence-corrected chi connectivity index (χ0v) is 13.3. The lowest BCUT2D eigenvalue weighted by molar-refractivity contribution is -0.885. The lowest BCUT2D eigenvalue weighted by atomic mass is 10.2. The van der Waals surface area contributed by atoms with Gasteiger partial charge in [0.25, 0.3) is 11.6 Å². The number of rotatable bonds is 6. The fourth-order valence-corrected chi connectivity index (χ4v) is 2.42. The van der Waals surface area contributed by atoms with Gasteiger partial charge in [-0.25, -0.2) is 0 Å². The Hall–Kier alpha value is -2.44. The van der Waals surface area contributed by atoms with Crippen LogP contribution in [-0.4, -0.2) is 24.4 Å². The van der Waals surface area contributed by atoms with Gasteiger partial charge in [-0.2, -0.15) is 0 Å². The molecular weight excluding hydrogens is 318 g/mol. The molecule has 2 aromatic rings. The lowest BCUT2D eigenvalue weighted by Crippen LogP contribution is -3.08.